The molecule has 106 valence electrons. The van der Waals surface area contributed by atoms with Crippen molar-refractivity contribution >= 4 is 0 Å². The largest absolute Gasteiger partial charge is 0.507 e. The second kappa shape index (κ2) is 5.28. The first kappa shape index (κ1) is 13.2. The van der Waals surface area contributed by atoms with E-state index in [1.807, 2.05) is 42.0 Å². The molecule has 3 aromatic rings. The summed E-state index contributed by atoms with van der Waals surface area (Å²) in [5.41, 5.74) is 2.95. The van der Waals surface area contributed by atoms with Crippen molar-refractivity contribution in [1.29, 1.82) is 0 Å². The van der Waals surface area contributed by atoms with Crippen molar-refractivity contribution in [3.05, 3.63) is 65.0 Å². The number of imidazole rings is 1. The lowest BCUT2D eigenvalue weighted by Crippen LogP contribution is -2.07. The lowest BCUT2D eigenvalue weighted by molar-refractivity contribution is 0.467. The summed E-state index contributed by atoms with van der Waals surface area (Å²) in [5, 5.41) is 9.91. The molecule has 5 heteroatoms. The molecule has 0 aliphatic heterocycles. The molecule has 0 unspecified atom stereocenters. The van der Waals surface area contributed by atoms with Gasteiger partial charge in [-0.2, -0.15) is 0 Å². The Hall–Kier alpha value is -2.82. The molecule has 0 saturated heterocycles. The van der Waals surface area contributed by atoms with Crippen LogP contribution in [0.2, 0.25) is 0 Å². The Kier molecular flexibility index (Phi) is 3.31. The quantitative estimate of drug-likeness (QED) is 0.775. The van der Waals surface area contributed by atoms with Gasteiger partial charge in [-0.15, -0.1) is 0 Å². The molecule has 0 bridgehead atoms. The minimum Gasteiger partial charge on any atom is -0.507 e. The van der Waals surface area contributed by atoms with Gasteiger partial charge in [0, 0.05) is 29.7 Å². The fraction of sp³-hybridized carbons (Fsp3) is 0.125. The van der Waals surface area contributed by atoms with Crippen LogP contribution < -0.4 is 5.56 Å². The van der Waals surface area contributed by atoms with Crippen LogP contribution in [0.25, 0.3) is 16.9 Å². The molecule has 0 amide bonds. The molecule has 0 saturated carbocycles. The molecule has 2 heterocycles. The van der Waals surface area contributed by atoms with Gasteiger partial charge in [-0.25, -0.2) is 4.98 Å². The number of benzene rings is 1. The molecular weight excluding hydrogens is 266 g/mol. The van der Waals surface area contributed by atoms with Crippen LogP contribution in [0.1, 0.15) is 12.5 Å². The number of aromatic amines is 1. The number of aromatic hydroxyl groups is 1. The third-order valence-corrected chi connectivity index (χ3v) is 3.44. The van der Waals surface area contributed by atoms with Crippen LogP contribution in [0.4, 0.5) is 0 Å². The van der Waals surface area contributed by atoms with E-state index >= 15 is 0 Å². The van der Waals surface area contributed by atoms with E-state index in [2.05, 4.69) is 9.97 Å². The summed E-state index contributed by atoms with van der Waals surface area (Å²) in [6.45, 7) is 1.94. The van der Waals surface area contributed by atoms with E-state index in [1.54, 1.807) is 12.5 Å². The molecule has 21 heavy (non-hydrogen) atoms. The fourth-order valence-corrected chi connectivity index (χ4v) is 2.39. The summed E-state index contributed by atoms with van der Waals surface area (Å²) in [7, 11) is 0. The van der Waals surface area contributed by atoms with E-state index in [1.165, 1.54) is 6.07 Å². The molecule has 0 aliphatic rings. The van der Waals surface area contributed by atoms with Crippen LogP contribution in [0, 0.1) is 0 Å². The van der Waals surface area contributed by atoms with Crippen LogP contribution in [-0.2, 0) is 6.42 Å². The Bertz CT molecular complexity index is 803. The van der Waals surface area contributed by atoms with Crippen LogP contribution >= 0.6 is 0 Å². The molecule has 0 fully saturated rings. The van der Waals surface area contributed by atoms with Crippen LogP contribution in [0.3, 0.4) is 0 Å². The predicted molar refractivity (Wildman–Crippen MR) is 80.7 cm³/mol. The minimum atomic E-state index is -0.307. The first-order valence-electron chi connectivity index (χ1n) is 6.73. The molecule has 2 N–H and O–H groups in total. The normalized spacial score (nSPS) is 10.7. The zero-order chi connectivity index (χ0) is 14.8. The molecule has 0 radical (unpaired) electrons. The standard InChI is InChI=1S/C16H15N3O2/c1-2-13-14(20)9-15(21)18-16(13)11-3-5-12(6-4-11)19-8-7-17-10-19/h3-10H,2H2,1H3,(H2,18,20,21). The van der Waals surface area contributed by atoms with Gasteiger partial charge in [-0.1, -0.05) is 19.1 Å². The average Bonchev–Trinajstić information content (AvgIpc) is 3.01. The highest BCUT2D eigenvalue weighted by Crippen LogP contribution is 2.27. The number of nitrogens with one attached hydrogen (secondary N) is 1. The van der Waals surface area contributed by atoms with E-state index in [0.29, 0.717) is 12.1 Å². The van der Waals surface area contributed by atoms with Gasteiger partial charge in [0.2, 0.25) is 0 Å². The second-order valence-corrected chi connectivity index (χ2v) is 4.74. The summed E-state index contributed by atoms with van der Waals surface area (Å²) in [6, 6.07) is 8.93. The maximum atomic E-state index is 11.6. The Labute approximate surface area is 121 Å². The molecule has 0 aliphatic carbocycles. The van der Waals surface area contributed by atoms with Crippen molar-refractivity contribution in [3.63, 3.8) is 0 Å². The van der Waals surface area contributed by atoms with Gasteiger partial charge in [-0.05, 0) is 24.1 Å². The third kappa shape index (κ3) is 2.45. The monoisotopic (exact) mass is 281 g/mol. The van der Waals surface area contributed by atoms with E-state index < -0.39 is 0 Å². The van der Waals surface area contributed by atoms with Crippen molar-refractivity contribution in [2.45, 2.75) is 13.3 Å². The van der Waals surface area contributed by atoms with E-state index in [0.717, 1.165) is 16.8 Å². The SMILES string of the molecule is CCc1c(O)cc(=O)[nH]c1-c1ccc(-n2ccnc2)cc1. The Balaban J connectivity index is 2.07. The first-order chi connectivity index (χ1) is 10.2. The van der Waals surface area contributed by atoms with Gasteiger partial charge in [0.05, 0.1) is 12.0 Å². The molecule has 5 nitrogen and oxygen atoms in total. The van der Waals surface area contributed by atoms with Crippen molar-refractivity contribution in [2.75, 3.05) is 0 Å². The van der Waals surface area contributed by atoms with Crippen LogP contribution in [0.5, 0.6) is 5.75 Å². The topological polar surface area (TPSA) is 70.9 Å². The van der Waals surface area contributed by atoms with Gasteiger partial charge >= 0.3 is 0 Å². The summed E-state index contributed by atoms with van der Waals surface area (Å²) in [5.74, 6) is 0.0370. The van der Waals surface area contributed by atoms with Crippen molar-refractivity contribution in [3.8, 4) is 22.7 Å². The van der Waals surface area contributed by atoms with Gasteiger partial charge in [0.25, 0.3) is 5.56 Å². The maximum Gasteiger partial charge on any atom is 0.252 e. The zero-order valence-electron chi connectivity index (χ0n) is 11.6. The fourth-order valence-electron chi connectivity index (χ4n) is 2.39. The van der Waals surface area contributed by atoms with Gasteiger partial charge in [0.15, 0.2) is 0 Å². The van der Waals surface area contributed by atoms with Crippen LogP contribution in [-0.4, -0.2) is 19.6 Å². The zero-order valence-corrected chi connectivity index (χ0v) is 11.6. The lowest BCUT2D eigenvalue weighted by Gasteiger charge is -2.10. The van der Waals surface area contributed by atoms with E-state index in [4.69, 9.17) is 0 Å². The van der Waals surface area contributed by atoms with Crippen LogP contribution in [0.15, 0.2) is 53.8 Å². The molecule has 0 spiro atoms. The highest BCUT2D eigenvalue weighted by molar-refractivity contribution is 5.66. The predicted octanol–water partition coefficient (Wildman–Crippen LogP) is 2.50. The summed E-state index contributed by atoms with van der Waals surface area (Å²) < 4.78 is 1.90. The molecule has 3 rings (SSSR count). The number of H-pyrrole nitrogens is 1. The second-order valence-electron chi connectivity index (χ2n) is 4.74. The number of aromatic nitrogens is 3. The molecular formula is C16H15N3O2. The van der Waals surface area contributed by atoms with Crippen molar-refractivity contribution in [2.24, 2.45) is 0 Å². The van der Waals surface area contributed by atoms with Crippen molar-refractivity contribution in [1.82, 2.24) is 14.5 Å². The number of hydrogen-bond acceptors (Lipinski definition) is 3. The Morgan fingerprint density at radius 1 is 1.29 bits per heavy atom. The molecule has 1 aromatic carbocycles. The Morgan fingerprint density at radius 2 is 2.05 bits per heavy atom. The molecule has 2 aromatic heterocycles. The highest BCUT2D eigenvalue weighted by atomic mass is 16.3. The molecule has 0 atom stereocenters. The Morgan fingerprint density at radius 3 is 2.67 bits per heavy atom. The maximum absolute atomic E-state index is 11.6. The minimum absolute atomic E-state index is 0.0370. The number of rotatable bonds is 3. The van der Waals surface area contributed by atoms with E-state index in [9.17, 15) is 9.90 Å². The summed E-state index contributed by atoms with van der Waals surface area (Å²) >= 11 is 0. The van der Waals surface area contributed by atoms with Gasteiger partial charge in [0.1, 0.15) is 5.75 Å². The summed E-state index contributed by atoms with van der Waals surface area (Å²) in [4.78, 5) is 18.4. The first-order valence-corrected chi connectivity index (χ1v) is 6.73. The number of nitrogens with zero attached hydrogens (tertiary/aromatic N) is 2. The van der Waals surface area contributed by atoms with Crippen molar-refractivity contribution < 1.29 is 5.11 Å². The van der Waals surface area contributed by atoms with E-state index in [-0.39, 0.29) is 11.3 Å². The number of pyridine rings is 1. The van der Waals surface area contributed by atoms with Gasteiger partial charge in [-0.3, -0.25) is 4.79 Å². The third-order valence-electron chi connectivity index (χ3n) is 3.44. The average molecular weight is 281 g/mol. The lowest BCUT2D eigenvalue weighted by atomic mass is 10.0. The number of hydrogen-bond donors (Lipinski definition) is 2. The van der Waals surface area contributed by atoms with Gasteiger partial charge < -0.3 is 14.7 Å². The summed E-state index contributed by atoms with van der Waals surface area (Å²) in [6.07, 6.45) is 5.95. The smallest absolute Gasteiger partial charge is 0.252 e. The highest BCUT2D eigenvalue weighted by Gasteiger charge is 2.10.